The third-order valence-corrected chi connectivity index (χ3v) is 2.84. The smallest absolute Gasteiger partial charge is 0.225 e. The average molecular weight is 257 g/mol. The first-order valence-electron chi connectivity index (χ1n) is 5.86. The van der Waals surface area contributed by atoms with E-state index in [2.05, 4.69) is 30.1 Å². The lowest BCUT2D eigenvalue weighted by Gasteiger charge is -2.06. The Labute approximate surface area is 112 Å². The number of amides is 1. The molecule has 2 aromatic carbocycles. The maximum Gasteiger partial charge on any atom is 0.225 e. The normalized spacial score (nSPS) is 10.1. The summed E-state index contributed by atoms with van der Waals surface area (Å²) in [5, 5.41) is 2.83. The maximum absolute atomic E-state index is 11.4. The molecule has 0 saturated carbocycles. The van der Waals surface area contributed by atoms with Crippen molar-refractivity contribution in [1.82, 2.24) is 0 Å². The van der Waals surface area contributed by atoms with Crippen molar-refractivity contribution >= 4 is 24.2 Å². The molecule has 92 valence electrons. The summed E-state index contributed by atoms with van der Waals surface area (Å²) in [4.78, 5) is 11.4. The van der Waals surface area contributed by atoms with Gasteiger partial charge in [-0.3, -0.25) is 4.79 Å². The van der Waals surface area contributed by atoms with Crippen LogP contribution < -0.4 is 5.32 Å². The first-order chi connectivity index (χ1) is 8.79. The Kier molecular flexibility index (Phi) is 4.42. The minimum Gasteiger partial charge on any atom is -0.326 e. The lowest BCUT2D eigenvalue weighted by molar-refractivity contribution is -0.115. The molecule has 0 aliphatic heterocycles. The van der Waals surface area contributed by atoms with Crippen LogP contribution >= 0.6 is 12.6 Å². The van der Waals surface area contributed by atoms with Crippen molar-refractivity contribution in [3.63, 3.8) is 0 Å². The standard InChI is InChI=1S/C15H15NOS/c17-15(10-11-18)16-14-8-6-13(7-9-14)12-4-2-1-3-5-12/h1-9,18H,10-11H2,(H,16,17). The van der Waals surface area contributed by atoms with Gasteiger partial charge in [-0.25, -0.2) is 0 Å². The molecule has 0 fully saturated rings. The quantitative estimate of drug-likeness (QED) is 0.805. The van der Waals surface area contributed by atoms with Gasteiger partial charge in [-0.2, -0.15) is 12.6 Å². The minimum atomic E-state index is -0.00235. The molecule has 1 N–H and O–H groups in total. The predicted molar refractivity (Wildman–Crippen MR) is 79.0 cm³/mol. The van der Waals surface area contributed by atoms with E-state index in [1.54, 1.807) is 0 Å². The third kappa shape index (κ3) is 3.37. The average Bonchev–Trinajstić information content (AvgIpc) is 2.41. The van der Waals surface area contributed by atoms with Crippen molar-refractivity contribution in [2.75, 3.05) is 11.1 Å². The zero-order valence-electron chi connectivity index (χ0n) is 9.97. The van der Waals surface area contributed by atoms with Crippen LogP contribution in [-0.2, 0) is 4.79 Å². The number of benzene rings is 2. The van der Waals surface area contributed by atoms with E-state index in [1.807, 2.05) is 42.5 Å². The van der Waals surface area contributed by atoms with Gasteiger partial charge in [0.1, 0.15) is 0 Å². The van der Waals surface area contributed by atoms with Crippen molar-refractivity contribution < 1.29 is 4.79 Å². The van der Waals surface area contributed by atoms with Gasteiger partial charge in [-0.05, 0) is 29.0 Å². The molecule has 0 aromatic heterocycles. The molecule has 0 heterocycles. The number of hydrogen-bond acceptors (Lipinski definition) is 2. The van der Waals surface area contributed by atoms with E-state index in [0.29, 0.717) is 12.2 Å². The van der Waals surface area contributed by atoms with Gasteiger partial charge >= 0.3 is 0 Å². The van der Waals surface area contributed by atoms with Crippen LogP contribution in [-0.4, -0.2) is 11.7 Å². The molecule has 0 atom stereocenters. The summed E-state index contributed by atoms with van der Waals surface area (Å²) in [7, 11) is 0. The number of carbonyl (C=O) groups is 1. The number of carbonyl (C=O) groups excluding carboxylic acids is 1. The largest absolute Gasteiger partial charge is 0.326 e. The van der Waals surface area contributed by atoms with E-state index in [1.165, 1.54) is 5.56 Å². The van der Waals surface area contributed by atoms with Crippen LogP contribution in [0.4, 0.5) is 5.69 Å². The Balaban J connectivity index is 2.09. The molecule has 0 radical (unpaired) electrons. The SMILES string of the molecule is O=C(CCS)Nc1ccc(-c2ccccc2)cc1. The van der Waals surface area contributed by atoms with Crippen molar-refractivity contribution in [3.8, 4) is 11.1 Å². The Hall–Kier alpha value is -1.74. The van der Waals surface area contributed by atoms with E-state index in [4.69, 9.17) is 0 Å². The first-order valence-corrected chi connectivity index (χ1v) is 6.49. The van der Waals surface area contributed by atoms with Crippen LogP contribution in [0.3, 0.4) is 0 Å². The van der Waals surface area contributed by atoms with E-state index >= 15 is 0 Å². The molecule has 0 unspecified atom stereocenters. The van der Waals surface area contributed by atoms with E-state index in [0.717, 1.165) is 11.3 Å². The van der Waals surface area contributed by atoms with Crippen molar-refractivity contribution in [2.24, 2.45) is 0 Å². The number of rotatable bonds is 4. The zero-order chi connectivity index (χ0) is 12.8. The number of thiol groups is 1. The van der Waals surface area contributed by atoms with Gasteiger partial charge < -0.3 is 5.32 Å². The second-order valence-electron chi connectivity index (χ2n) is 3.97. The highest BCUT2D eigenvalue weighted by Gasteiger charge is 2.01. The Morgan fingerprint density at radius 2 is 1.56 bits per heavy atom. The third-order valence-electron chi connectivity index (χ3n) is 2.61. The molecule has 0 aliphatic rings. The highest BCUT2D eigenvalue weighted by Crippen LogP contribution is 2.20. The first kappa shape index (κ1) is 12.7. The summed E-state index contributed by atoms with van der Waals surface area (Å²) in [5.74, 6) is 0.561. The lowest BCUT2D eigenvalue weighted by Crippen LogP contribution is -2.11. The molecule has 0 bridgehead atoms. The minimum absolute atomic E-state index is 0.00235. The van der Waals surface area contributed by atoms with Crippen LogP contribution in [0.15, 0.2) is 54.6 Å². The molecular weight excluding hydrogens is 242 g/mol. The summed E-state index contributed by atoms with van der Waals surface area (Å²) in [6.45, 7) is 0. The Bertz CT molecular complexity index is 508. The number of anilines is 1. The van der Waals surface area contributed by atoms with Crippen LogP contribution in [0.5, 0.6) is 0 Å². The van der Waals surface area contributed by atoms with Gasteiger partial charge in [-0.1, -0.05) is 42.5 Å². The molecule has 0 spiro atoms. The Morgan fingerprint density at radius 3 is 2.17 bits per heavy atom. The van der Waals surface area contributed by atoms with Gasteiger partial charge in [0.05, 0.1) is 0 Å². The Morgan fingerprint density at radius 1 is 0.944 bits per heavy atom. The van der Waals surface area contributed by atoms with E-state index in [9.17, 15) is 4.79 Å². The molecule has 1 amide bonds. The van der Waals surface area contributed by atoms with Crippen LogP contribution in [0.1, 0.15) is 6.42 Å². The van der Waals surface area contributed by atoms with E-state index in [-0.39, 0.29) is 5.91 Å². The van der Waals surface area contributed by atoms with Crippen LogP contribution in [0, 0.1) is 0 Å². The lowest BCUT2D eigenvalue weighted by atomic mass is 10.1. The van der Waals surface area contributed by atoms with Crippen LogP contribution in [0.25, 0.3) is 11.1 Å². The van der Waals surface area contributed by atoms with Gasteiger partial charge in [0, 0.05) is 12.1 Å². The monoisotopic (exact) mass is 257 g/mol. The zero-order valence-corrected chi connectivity index (χ0v) is 10.9. The van der Waals surface area contributed by atoms with Gasteiger partial charge in [0.2, 0.25) is 5.91 Å². The van der Waals surface area contributed by atoms with Crippen molar-refractivity contribution in [1.29, 1.82) is 0 Å². The molecule has 3 heteroatoms. The second kappa shape index (κ2) is 6.26. The van der Waals surface area contributed by atoms with Gasteiger partial charge in [0.15, 0.2) is 0 Å². The summed E-state index contributed by atoms with van der Waals surface area (Å²) < 4.78 is 0. The summed E-state index contributed by atoms with van der Waals surface area (Å²) >= 11 is 4.03. The molecule has 2 nitrogen and oxygen atoms in total. The predicted octanol–water partition coefficient (Wildman–Crippen LogP) is 3.61. The summed E-state index contributed by atoms with van der Waals surface area (Å²) in [6, 6.07) is 18.0. The summed E-state index contributed by atoms with van der Waals surface area (Å²) in [6.07, 6.45) is 0.434. The number of hydrogen-bond donors (Lipinski definition) is 2. The maximum atomic E-state index is 11.4. The molecule has 0 aliphatic carbocycles. The van der Waals surface area contributed by atoms with Gasteiger partial charge in [0.25, 0.3) is 0 Å². The number of nitrogens with one attached hydrogen (secondary N) is 1. The van der Waals surface area contributed by atoms with Gasteiger partial charge in [-0.15, -0.1) is 0 Å². The molecular formula is C15H15NOS. The topological polar surface area (TPSA) is 29.1 Å². The van der Waals surface area contributed by atoms with Crippen LogP contribution in [0.2, 0.25) is 0 Å². The highest BCUT2D eigenvalue weighted by molar-refractivity contribution is 7.80. The highest BCUT2D eigenvalue weighted by atomic mass is 32.1. The van der Waals surface area contributed by atoms with Crippen molar-refractivity contribution in [3.05, 3.63) is 54.6 Å². The van der Waals surface area contributed by atoms with Crippen molar-refractivity contribution in [2.45, 2.75) is 6.42 Å². The molecule has 18 heavy (non-hydrogen) atoms. The summed E-state index contributed by atoms with van der Waals surface area (Å²) in [5.41, 5.74) is 3.13. The van der Waals surface area contributed by atoms with E-state index < -0.39 is 0 Å². The fourth-order valence-corrected chi connectivity index (χ4v) is 1.90. The fourth-order valence-electron chi connectivity index (χ4n) is 1.70. The molecule has 2 aromatic rings. The molecule has 2 rings (SSSR count). The fraction of sp³-hybridized carbons (Fsp3) is 0.133. The molecule has 0 saturated heterocycles. The second-order valence-corrected chi connectivity index (χ2v) is 4.41.